The molecule has 0 amide bonds. The van der Waals surface area contributed by atoms with Crippen LogP contribution in [0.15, 0.2) is 41.6 Å². The first kappa shape index (κ1) is 15.7. The fourth-order valence-electron chi connectivity index (χ4n) is 2.35. The molecule has 1 aromatic carbocycles. The molecule has 114 valence electrons. The van der Waals surface area contributed by atoms with Crippen molar-refractivity contribution in [2.75, 3.05) is 13.3 Å². The van der Waals surface area contributed by atoms with Crippen LogP contribution in [0.4, 0.5) is 0 Å². The van der Waals surface area contributed by atoms with Crippen molar-refractivity contribution in [2.24, 2.45) is 7.05 Å². The first-order chi connectivity index (χ1) is 9.91. The average molecular weight is 307 g/mol. The van der Waals surface area contributed by atoms with Crippen molar-refractivity contribution >= 4 is 9.84 Å². The first-order valence-corrected chi connectivity index (χ1v) is 8.74. The quantitative estimate of drug-likeness (QED) is 0.882. The van der Waals surface area contributed by atoms with Crippen molar-refractivity contribution in [2.45, 2.75) is 23.8 Å². The number of aromatic nitrogens is 2. The molecule has 1 N–H and O–H groups in total. The van der Waals surface area contributed by atoms with Crippen LogP contribution in [0.3, 0.4) is 0 Å². The highest BCUT2D eigenvalue weighted by atomic mass is 32.2. The number of sulfone groups is 1. The zero-order chi connectivity index (χ0) is 15.5. The summed E-state index contributed by atoms with van der Waals surface area (Å²) in [6.45, 7) is 0. The fraction of sp³-hybridized carbons (Fsp3) is 0.400. The molecule has 1 heterocycles. The number of nitrogens with one attached hydrogen (secondary N) is 1. The number of imidazole rings is 1. The van der Waals surface area contributed by atoms with Gasteiger partial charge in [0.2, 0.25) is 0 Å². The summed E-state index contributed by atoms with van der Waals surface area (Å²) in [5, 5.41) is 3.25. The fourth-order valence-corrected chi connectivity index (χ4v) is 3.03. The van der Waals surface area contributed by atoms with Crippen LogP contribution in [0, 0.1) is 0 Å². The largest absolute Gasteiger partial charge is 0.338 e. The molecule has 0 aliphatic rings. The van der Waals surface area contributed by atoms with E-state index < -0.39 is 9.84 Å². The summed E-state index contributed by atoms with van der Waals surface area (Å²) in [4.78, 5) is 4.67. The highest BCUT2D eigenvalue weighted by molar-refractivity contribution is 7.90. The molecular weight excluding hydrogens is 286 g/mol. The molecule has 2 rings (SSSR count). The average Bonchev–Trinajstić information content (AvgIpc) is 2.84. The van der Waals surface area contributed by atoms with Crippen molar-refractivity contribution in [3.63, 3.8) is 0 Å². The van der Waals surface area contributed by atoms with Crippen LogP contribution in [-0.4, -0.2) is 31.3 Å². The van der Waals surface area contributed by atoms with Gasteiger partial charge in [-0.25, -0.2) is 13.4 Å². The molecule has 1 atom stereocenters. The zero-order valence-electron chi connectivity index (χ0n) is 12.6. The molecule has 0 radical (unpaired) electrons. The Morgan fingerprint density at radius 2 is 2.14 bits per heavy atom. The summed E-state index contributed by atoms with van der Waals surface area (Å²) in [6.07, 6.45) is 6.63. The van der Waals surface area contributed by atoms with Crippen LogP contribution in [0.5, 0.6) is 0 Å². The van der Waals surface area contributed by atoms with Gasteiger partial charge in [0.15, 0.2) is 9.84 Å². The third-order valence-corrected chi connectivity index (χ3v) is 4.72. The zero-order valence-corrected chi connectivity index (χ0v) is 13.4. The highest BCUT2D eigenvalue weighted by Gasteiger charge is 2.14. The van der Waals surface area contributed by atoms with Gasteiger partial charge in [-0.3, -0.25) is 0 Å². The minimum atomic E-state index is -3.18. The molecule has 2 aromatic rings. The Morgan fingerprint density at radius 1 is 1.38 bits per heavy atom. The summed E-state index contributed by atoms with van der Waals surface area (Å²) in [5.74, 6) is 1.02. The van der Waals surface area contributed by atoms with E-state index in [1.807, 2.05) is 30.9 Å². The summed E-state index contributed by atoms with van der Waals surface area (Å²) in [7, 11) is 0.682. The van der Waals surface area contributed by atoms with E-state index in [2.05, 4.69) is 10.3 Å². The monoisotopic (exact) mass is 307 g/mol. The standard InChI is InChI=1S/C15H21N3O2S/c1-16-14(7-8-15-17-9-10-18(15)2)12-5-4-6-13(11-12)21(3,19)20/h4-6,9-11,14,16H,7-8H2,1-3H3. The van der Waals surface area contributed by atoms with Crippen molar-refractivity contribution in [3.8, 4) is 0 Å². The van der Waals surface area contributed by atoms with Gasteiger partial charge in [-0.1, -0.05) is 12.1 Å². The van der Waals surface area contributed by atoms with Gasteiger partial charge in [-0.05, 0) is 31.2 Å². The third-order valence-electron chi connectivity index (χ3n) is 3.61. The van der Waals surface area contributed by atoms with Crippen molar-refractivity contribution < 1.29 is 8.42 Å². The number of benzene rings is 1. The van der Waals surface area contributed by atoms with Crippen molar-refractivity contribution in [1.29, 1.82) is 0 Å². The predicted molar refractivity (Wildman–Crippen MR) is 82.9 cm³/mol. The number of hydrogen-bond donors (Lipinski definition) is 1. The summed E-state index contributed by atoms with van der Waals surface area (Å²) in [5.41, 5.74) is 0.981. The van der Waals surface area contributed by atoms with E-state index in [1.165, 1.54) is 6.26 Å². The molecule has 1 unspecified atom stereocenters. The molecule has 21 heavy (non-hydrogen) atoms. The molecule has 0 spiro atoms. The van der Waals surface area contributed by atoms with E-state index in [9.17, 15) is 8.42 Å². The van der Waals surface area contributed by atoms with Crippen LogP contribution in [0.1, 0.15) is 23.9 Å². The Balaban J connectivity index is 2.16. The van der Waals surface area contributed by atoms with Crippen LogP contribution in [0.2, 0.25) is 0 Å². The van der Waals surface area contributed by atoms with Crippen LogP contribution in [-0.2, 0) is 23.3 Å². The Kier molecular flexibility index (Phi) is 4.80. The van der Waals surface area contributed by atoms with E-state index in [-0.39, 0.29) is 6.04 Å². The van der Waals surface area contributed by atoms with E-state index in [0.717, 1.165) is 24.2 Å². The van der Waals surface area contributed by atoms with E-state index >= 15 is 0 Å². The lowest BCUT2D eigenvalue weighted by molar-refractivity contribution is 0.534. The van der Waals surface area contributed by atoms with Gasteiger partial charge in [0.25, 0.3) is 0 Å². The number of aryl methyl sites for hydroxylation is 2. The van der Waals surface area contributed by atoms with Gasteiger partial charge < -0.3 is 9.88 Å². The summed E-state index contributed by atoms with van der Waals surface area (Å²) >= 11 is 0. The predicted octanol–water partition coefficient (Wildman–Crippen LogP) is 1.72. The van der Waals surface area contributed by atoms with Crippen LogP contribution < -0.4 is 5.32 Å². The lowest BCUT2D eigenvalue weighted by Gasteiger charge is -2.17. The van der Waals surface area contributed by atoms with E-state index in [1.54, 1.807) is 24.4 Å². The minimum absolute atomic E-state index is 0.100. The molecule has 0 fully saturated rings. The maximum absolute atomic E-state index is 11.7. The lowest BCUT2D eigenvalue weighted by Crippen LogP contribution is -2.18. The van der Waals surface area contributed by atoms with Gasteiger partial charge in [0, 0.05) is 38.2 Å². The van der Waals surface area contributed by atoms with E-state index in [4.69, 9.17) is 0 Å². The Labute approximate surface area is 125 Å². The molecule has 0 saturated carbocycles. The summed E-state index contributed by atoms with van der Waals surface area (Å²) in [6, 6.07) is 7.22. The molecule has 0 bridgehead atoms. The Morgan fingerprint density at radius 3 is 2.71 bits per heavy atom. The smallest absolute Gasteiger partial charge is 0.175 e. The molecule has 6 heteroatoms. The summed E-state index contributed by atoms with van der Waals surface area (Å²) < 4.78 is 25.3. The molecule has 1 aromatic heterocycles. The molecular formula is C15H21N3O2S. The number of rotatable bonds is 6. The van der Waals surface area contributed by atoms with Crippen LogP contribution >= 0.6 is 0 Å². The van der Waals surface area contributed by atoms with Gasteiger partial charge in [-0.2, -0.15) is 0 Å². The van der Waals surface area contributed by atoms with E-state index in [0.29, 0.717) is 4.90 Å². The normalized spacial score (nSPS) is 13.3. The second-order valence-corrected chi connectivity index (χ2v) is 7.19. The van der Waals surface area contributed by atoms with Gasteiger partial charge in [-0.15, -0.1) is 0 Å². The topological polar surface area (TPSA) is 64.0 Å². The second-order valence-electron chi connectivity index (χ2n) is 5.18. The third kappa shape index (κ3) is 3.92. The molecule has 0 aliphatic carbocycles. The highest BCUT2D eigenvalue weighted by Crippen LogP contribution is 2.21. The van der Waals surface area contributed by atoms with Crippen molar-refractivity contribution in [3.05, 3.63) is 48.0 Å². The van der Waals surface area contributed by atoms with Crippen LogP contribution in [0.25, 0.3) is 0 Å². The van der Waals surface area contributed by atoms with Crippen molar-refractivity contribution in [1.82, 2.24) is 14.9 Å². The maximum atomic E-state index is 11.7. The SMILES string of the molecule is CNC(CCc1nccn1C)c1cccc(S(C)(=O)=O)c1. The first-order valence-electron chi connectivity index (χ1n) is 6.85. The van der Waals surface area contributed by atoms with Gasteiger partial charge in [0.1, 0.15) is 5.82 Å². The Hall–Kier alpha value is -1.66. The second kappa shape index (κ2) is 6.41. The lowest BCUT2D eigenvalue weighted by atomic mass is 10.0. The molecule has 0 saturated heterocycles. The minimum Gasteiger partial charge on any atom is -0.338 e. The maximum Gasteiger partial charge on any atom is 0.175 e. The number of hydrogen-bond acceptors (Lipinski definition) is 4. The van der Waals surface area contributed by atoms with Gasteiger partial charge in [0.05, 0.1) is 4.90 Å². The number of nitrogens with zero attached hydrogens (tertiary/aromatic N) is 2. The molecule has 5 nitrogen and oxygen atoms in total. The van der Waals surface area contributed by atoms with Gasteiger partial charge >= 0.3 is 0 Å². The Bertz CT molecular complexity index is 707. The molecule has 0 aliphatic heterocycles.